The summed E-state index contributed by atoms with van der Waals surface area (Å²) >= 11 is 3.43. The fraction of sp³-hybridized carbons (Fsp3) is 0.294. The third-order valence-electron chi connectivity index (χ3n) is 3.88. The minimum Gasteiger partial charge on any atom is -0.492 e. The summed E-state index contributed by atoms with van der Waals surface area (Å²) in [5.74, 6) is 0.815. The number of nitrogens with one attached hydrogen (secondary N) is 1. The van der Waals surface area contributed by atoms with Crippen LogP contribution in [-0.4, -0.2) is 21.1 Å². The van der Waals surface area contributed by atoms with Crippen LogP contribution in [-0.2, 0) is 16.4 Å². The normalized spacial score (nSPS) is 17.4. The van der Waals surface area contributed by atoms with Gasteiger partial charge in [0.25, 0.3) is 0 Å². The van der Waals surface area contributed by atoms with Crippen LogP contribution in [0.2, 0.25) is 0 Å². The molecule has 0 unspecified atom stereocenters. The Kier molecular flexibility index (Phi) is 4.49. The molecule has 4 nitrogen and oxygen atoms in total. The van der Waals surface area contributed by atoms with Crippen LogP contribution >= 0.6 is 15.9 Å². The van der Waals surface area contributed by atoms with Crippen LogP contribution in [0, 0.1) is 13.8 Å². The summed E-state index contributed by atoms with van der Waals surface area (Å²) in [6.45, 7) is 4.02. The molecule has 1 N–H and O–H groups in total. The number of benzene rings is 2. The van der Waals surface area contributed by atoms with Crippen molar-refractivity contribution >= 4 is 26.0 Å². The maximum absolute atomic E-state index is 12.7. The Bertz CT molecular complexity index is 849. The van der Waals surface area contributed by atoms with Gasteiger partial charge in [0, 0.05) is 4.47 Å². The van der Waals surface area contributed by atoms with Crippen molar-refractivity contribution in [2.45, 2.75) is 31.2 Å². The van der Waals surface area contributed by atoms with E-state index in [1.54, 1.807) is 13.0 Å². The predicted molar refractivity (Wildman–Crippen MR) is 93.4 cm³/mol. The molecule has 1 aliphatic rings. The molecule has 1 atom stereocenters. The third kappa shape index (κ3) is 3.59. The molecule has 1 aliphatic heterocycles. The van der Waals surface area contributed by atoms with E-state index in [9.17, 15) is 8.42 Å². The molecule has 0 saturated carbocycles. The summed E-state index contributed by atoms with van der Waals surface area (Å²) in [5.41, 5.74) is 2.66. The van der Waals surface area contributed by atoms with E-state index in [2.05, 4.69) is 20.7 Å². The van der Waals surface area contributed by atoms with E-state index in [1.807, 2.05) is 37.3 Å². The average Bonchev–Trinajstić information content (AvgIpc) is 2.48. The van der Waals surface area contributed by atoms with Gasteiger partial charge in [0.05, 0.1) is 10.9 Å². The zero-order chi connectivity index (χ0) is 16.6. The van der Waals surface area contributed by atoms with Gasteiger partial charge in [0.1, 0.15) is 12.4 Å². The van der Waals surface area contributed by atoms with E-state index < -0.39 is 10.0 Å². The van der Waals surface area contributed by atoms with Gasteiger partial charge in [-0.05, 0) is 61.2 Å². The van der Waals surface area contributed by atoms with Crippen LogP contribution < -0.4 is 9.46 Å². The van der Waals surface area contributed by atoms with Crippen molar-refractivity contribution in [3.8, 4) is 5.75 Å². The fourth-order valence-electron chi connectivity index (χ4n) is 2.72. The summed E-state index contributed by atoms with van der Waals surface area (Å²) in [5, 5.41) is 0. The lowest BCUT2D eigenvalue weighted by atomic mass is 10.0. The van der Waals surface area contributed by atoms with Crippen molar-refractivity contribution < 1.29 is 13.2 Å². The highest BCUT2D eigenvalue weighted by atomic mass is 79.9. The van der Waals surface area contributed by atoms with E-state index in [4.69, 9.17) is 4.74 Å². The molecule has 6 heteroatoms. The van der Waals surface area contributed by atoms with Crippen molar-refractivity contribution in [3.05, 3.63) is 57.6 Å². The first kappa shape index (κ1) is 16.5. The maximum Gasteiger partial charge on any atom is 0.241 e. The summed E-state index contributed by atoms with van der Waals surface area (Å²) in [6, 6.07) is 10.9. The molecule has 1 heterocycles. The molecular formula is C17H18BrNO3S. The van der Waals surface area contributed by atoms with E-state index in [0.29, 0.717) is 17.9 Å². The maximum atomic E-state index is 12.7. The second-order valence-corrected chi connectivity index (χ2v) is 8.45. The second-order valence-electron chi connectivity index (χ2n) is 5.85. The highest BCUT2D eigenvalue weighted by Gasteiger charge is 2.26. The fourth-order valence-corrected chi connectivity index (χ4v) is 4.68. The van der Waals surface area contributed by atoms with Crippen LogP contribution in [0.3, 0.4) is 0 Å². The van der Waals surface area contributed by atoms with Crippen LogP contribution in [0.4, 0.5) is 0 Å². The lowest BCUT2D eigenvalue weighted by Gasteiger charge is -2.26. The Hall–Kier alpha value is -1.37. The molecule has 0 radical (unpaired) electrons. The van der Waals surface area contributed by atoms with Gasteiger partial charge in [0.2, 0.25) is 10.0 Å². The number of fused-ring (bicyclic) bond motifs is 1. The van der Waals surface area contributed by atoms with E-state index >= 15 is 0 Å². The minimum absolute atomic E-state index is 0.276. The Balaban J connectivity index is 1.83. The number of halogens is 1. The van der Waals surface area contributed by atoms with Crippen molar-refractivity contribution in [2.75, 3.05) is 6.61 Å². The zero-order valence-corrected chi connectivity index (χ0v) is 15.4. The van der Waals surface area contributed by atoms with Crippen LogP contribution in [0.1, 0.15) is 16.7 Å². The Morgan fingerprint density at radius 1 is 1.17 bits per heavy atom. The van der Waals surface area contributed by atoms with Crippen LogP contribution in [0.5, 0.6) is 5.75 Å². The van der Waals surface area contributed by atoms with Crippen molar-refractivity contribution in [1.82, 2.24) is 4.72 Å². The first-order valence-electron chi connectivity index (χ1n) is 7.36. The molecule has 0 spiro atoms. The molecule has 0 aliphatic carbocycles. The summed E-state index contributed by atoms with van der Waals surface area (Å²) < 4.78 is 34.8. The summed E-state index contributed by atoms with van der Waals surface area (Å²) in [7, 11) is -3.57. The smallest absolute Gasteiger partial charge is 0.241 e. The topological polar surface area (TPSA) is 55.4 Å². The summed E-state index contributed by atoms with van der Waals surface area (Å²) in [6.07, 6.45) is 0.610. The minimum atomic E-state index is -3.57. The molecule has 0 aromatic heterocycles. The monoisotopic (exact) mass is 395 g/mol. The average molecular weight is 396 g/mol. The molecule has 3 rings (SSSR count). The number of ether oxygens (including phenoxy) is 1. The highest BCUT2D eigenvalue weighted by molar-refractivity contribution is 9.10. The number of aryl methyl sites for hydroxylation is 2. The predicted octanol–water partition coefficient (Wildman–Crippen LogP) is 3.35. The van der Waals surface area contributed by atoms with Crippen molar-refractivity contribution in [1.29, 1.82) is 0 Å². The first-order valence-corrected chi connectivity index (χ1v) is 9.63. The first-order chi connectivity index (χ1) is 10.8. The lowest BCUT2D eigenvalue weighted by Crippen LogP contribution is -2.42. The Labute approximate surface area is 145 Å². The van der Waals surface area contributed by atoms with E-state index in [-0.39, 0.29) is 6.04 Å². The van der Waals surface area contributed by atoms with Gasteiger partial charge in [-0.1, -0.05) is 28.1 Å². The zero-order valence-electron chi connectivity index (χ0n) is 13.0. The summed E-state index contributed by atoms with van der Waals surface area (Å²) in [4.78, 5) is 0.331. The van der Waals surface area contributed by atoms with E-state index in [1.165, 1.54) is 0 Å². The Morgan fingerprint density at radius 3 is 2.74 bits per heavy atom. The number of sulfonamides is 1. The molecular weight excluding hydrogens is 378 g/mol. The van der Waals surface area contributed by atoms with Gasteiger partial charge in [0.15, 0.2) is 0 Å². The molecule has 2 aromatic rings. The Morgan fingerprint density at radius 2 is 1.96 bits per heavy atom. The van der Waals surface area contributed by atoms with Gasteiger partial charge in [-0.15, -0.1) is 0 Å². The van der Waals surface area contributed by atoms with Crippen molar-refractivity contribution in [2.24, 2.45) is 0 Å². The molecule has 0 amide bonds. The number of rotatable bonds is 3. The number of hydrogen-bond donors (Lipinski definition) is 1. The van der Waals surface area contributed by atoms with E-state index in [0.717, 1.165) is 26.9 Å². The molecule has 0 fully saturated rings. The highest BCUT2D eigenvalue weighted by Crippen LogP contribution is 2.28. The molecule has 23 heavy (non-hydrogen) atoms. The van der Waals surface area contributed by atoms with Crippen LogP contribution in [0.25, 0.3) is 0 Å². The third-order valence-corrected chi connectivity index (χ3v) is 6.04. The standard InChI is InChI=1S/C17H18BrNO3S/c1-11-3-4-12(2)17(7-11)23(20,21)19-15-9-13-8-14(18)5-6-16(13)22-10-15/h3-8,15,19H,9-10H2,1-2H3/t15-/m0/s1. The van der Waals surface area contributed by atoms with Gasteiger partial charge in [-0.3, -0.25) is 0 Å². The van der Waals surface area contributed by atoms with Gasteiger partial charge < -0.3 is 4.74 Å². The second kappa shape index (κ2) is 6.26. The number of hydrogen-bond acceptors (Lipinski definition) is 3. The molecule has 122 valence electrons. The molecule has 0 saturated heterocycles. The largest absolute Gasteiger partial charge is 0.492 e. The molecule has 2 aromatic carbocycles. The van der Waals surface area contributed by atoms with Gasteiger partial charge in [-0.25, -0.2) is 13.1 Å². The lowest BCUT2D eigenvalue weighted by molar-refractivity contribution is 0.254. The van der Waals surface area contributed by atoms with Crippen LogP contribution in [0.15, 0.2) is 45.8 Å². The van der Waals surface area contributed by atoms with Gasteiger partial charge >= 0.3 is 0 Å². The molecule has 0 bridgehead atoms. The van der Waals surface area contributed by atoms with Crippen molar-refractivity contribution in [3.63, 3.8) is 0 Å². The SMILES string of the molecule is Cc1ccc(C)c(S(=O)(=O)N[C@@H]2COc3ccc(Br)cc3C2)c1. The van der Waals surface area contributed by atoms with Gasteiger partial charge in [-0.2, -0.15) is 0 Å². The quantitative estimate of drug-likeness (QED) is 0.866.